The molecule has 0 aliphatic heterocycles. The van der Waals surface area contributed by atoms with Gasteiger partial charge in [-0.1, -0.05) is 44.2 Å². The zero-order valence-corrected chi connectivity index (χ0v) is 12.3. The Morgan fingerprint density at radius 1 is 1.26 bits per heavy atom. The molecule has 1 aliphatic rings. The highest BCUT2D eigenvalue weighted by molar-refractivity contribution is 5.13. The predicted octanol–water partition coefficient (Wildman–Crippen LogP) is 3.62. The lowest BCUT2D eigenvalue weighted by Crippen LogP contribution is -2.38. The molecule has 2 nitrogen and oxygen atoms in total. The molecule has 2 rings (SSSR count). The van der Waals surface area contributed by atoms with Crippen molar-refractivity contribution < 1.29 is 4.74 Å². The minimum Gasteiger partial charge on any atom is -0.376 e. The summed E-state index contributed by atoms with van der Waals surface area (Å²) in [6, 6.07) is 10.4. The summed E-state index contributed by atoms with van der Waals surface area (Å²) in [6.45, 7) is 8.38. The van der Waals surface area contributed by atoms with Gasteiger partial charge in [0.1, 0.15) is 0 Å². The van der Waals surface area contributed by atoms with E-state index in [1.807, 2.05) is 6.07 Å². The number of hydrogen-bond donors (Lipinski definition) is 1. The van der Waals surface area contributed by atoms with Gasteiger partial charge in [0.2, 0.25) is 0 Å². The molecule has 106 valence electrons. The van der Waals surface area contributed by atoms with Gasteiger partial charge in [0.15, 0.2) is 0 Å². The second kappa shape index (κ2) is 7.06. The molecule has 0 heterocycles. The third kappa shape index (κ3) is 4.63. The largest absolute Gasteiger partial charge is 0.376 e. The third-order valence-electron chi connectivity index (χ3n) is 4.06. The van der Waals surface area contributed by atoms with E-state index in [0.717, 1.165) is 32.2 Å². The van der Waals surface area contributed by atoms with E-state index in [1.54, 1.807) is 0 Å². The van der Waals surface area contributed by atoms with Crippen LogP contribution >= 0.6 is 0 Å². The molecule has 0 radical (unpaired) electrons. The first kappa shape index (κ1) is 14.5. The van der Waals surface area contributed by atoms with Crippen LogP contribution in [-0.4, -0.2) is 19.7 Å². The van der Waals surface area contributed by atoms with Crippen LogP contribution < -0.4 is 5.32 Å². The fourth-order valence-electron chi connectivity index (χ4n) is 2.62. The van der Waals surface area contributed by atoms with Crippen LogP contribution in [0.25, 0.3) is 0 Å². The fourth-order valence-corrected chi connectivity index (χ4v) is 2.62. The fraction of sp³-hybridized carbons (Fsp3) is 0.647. The average Bonchev–Trinajstić information content (AvgIpc) is 3.25. The Hall–Kier alpha value is -0.860. The van der Waals surface area contributed by atoms with Crippen molar-refractivity contribution in [1.29, 1.82) is 0 Å². The number of hydrogen-bond acceptors (Lipinski definition) is 2. The molecule has 1 unspecified atom stereocenters. The van der Waals surface area contributed by atoms with Gasteiger partial charge in [0, 0.05) is 12.0 Å². The number of benzene rings is 1. The number of nitrogens with one attached hydrogen (secondary N) is 1. The maximum Gasteiger partial charge on any atom is 0.0717 e. The molecule has 0 bridgehead atoms. The van der Waals surface area contributed by atoms with Gasteiger partial charge in [0.25, 0.3) is 0 Å². The third-order valence-corrected chi connectivity index (χ3v) is 4.06. The maximum absolute atomic E-state index is 5.98. The summed E-state index contributed by atoms with van der Waals surface area (Å²) in [5.41, 5.74) is 1.58. The molecule has 0 spiro atoms. The Balaban J connectivity index is 1.77. The van der Waals surface area contributed by atoms with Crippen molar-refractivity contribution in [3.63, 3.8) is 0 Å². The van der Waals surface area contributed by atoms with Crippen molar-refractivity contribution >= 4 is 0 Å². The van der Waals surface area contributed by atoms with Crippen molar-refractivity contribution in [2.45, 2.75) is 39.7 Å². The molecule has 19 heavy (non-hydrogen) atoms. The second-order valence-corrected chi connectivity index (χ2v) is 6.08. The van der Waals surface area contributed by atoms with Gasteiger partial charge in [-0.05, 0) is 37.3 Å². The molecule has 1 aromatic rings. The summed E-state index contributed by atoms with van der Waals surface area (Å²) in [7, 11) is 0. The van der Waals surface area contributed by atoms with E-state index in [4.69, 9.17) is 4.74 Å². The van der Waals surface area contributed by atoms with Gasteiger partial charge < -0.3 is 10.1 Å². The molecule has 1 aromatic carbocycles. The predicted molar refractivity (Wildman–Crippen MR) is 80.1 cm³/mol. The standard InChI is InChI=1S/C17H27NO/c1-3-11-18-13-17(2,16-9-10-16)14-19-12-15-7-5-4-6-8-15/h4-8,16,18H,3,9-14H2,1-2H3. The van der Waals surface area contributed by atoms with Crippen molar-refractivity contribution in [2.24, 2.45) is 11.3 Å². The van der Waals surface area contributed by atoms with Crippen LogP contribution in [0.4, 0.5) is 0 Å². The first-order valence-electron chi connectivity index (χ1n) is 7.57. The van der Waals surface area contributed by atoms with Crippen molar-refractivity contribution in [3.8, 4) is 0 Å². The van der Waals surface area contributed by atoms with Crippen LogP contribution in [0.1, 0.15) is 38.7 Å². The molecule has 2 heteroatoms. The molecule has 1 aliphatic carbocycles. The quantitative estimate of drug-likeness (QED) is 0.686. The smallest absolute Gasteiger partial charge is 0.0717 e. The van der Waals surface area contributed by atoms with Gasteiger partial charge in [-0.3, -0.25) is 0 Å². The summed E-state index contributed by atoms with van der Waals surface area (Å²) in [5.74, 6) is 0.854. The first-order chi connectivity index (χ1) is 9.24. The first-order valence-corrected chi connectivity index (χ1v) is 7.57. The summed E-state index contributed by atoms with van der Waals surface area (Å²) in [5, 5.41) is 3.57. The van der Waals surface area contributed by atoms with Crippen LogP contribution in [0.3, 0.4) is 0 Å². The monoisotopic (exact) mass is 261 g/mol. The second-order valence-electron chi connectivity index (χ2n) is 6.08. The Morgan fingerprint density at radius 3 is 2.63 bits per heavy atom. The van der Waals surface area contributed by atoms with Gasteiger partial charge >= 0.3 is 0 Å². The summed E-state index contributed by atoms with van der Waals surface area (Å²) in [4.78, 5) is 0. The highest BCUT2D eigenvalue weighted by atomic mass is 16.5. The minimum absolute atomic E-state index is 0.309. The number of ether oxygens (including phenoxy) is 1. The van der Waals surface area contributed by atoms with E-state index >= 15 is 0 Å². The Morgan fingerprint density at radius 2 is 2.00 bits per heavy atom. The molecular formula is C17H27NO. The van der Waals surface area contributed by atoms with Gasteiger partial charge in [-0.25, -0.2) is 0 Å². The van der Waals surface area contributed by atoms with Crippen LogP contribution in [0.2, 0.25) is 0 Å². The zero-order chi connectivity index (χ0) is 13.6. The molecule has 0 amide bonds. The summed E-state index contributed by atoms with van der Waals surface area (Å²) in [6.07, 6.45) is 3.95. The normalized spacial score (nSPS) is 18.2. The molecule has 0 saturated heterocycles. The Labute approximate surface area is 117 Å². The SMILES string of the molecule is CCCNCC(C)(COCc1ccccc1)C1CC1. The van der Waals surface area contributed by atoms with E-state index in [-0.39, 0.29) is 0 Å². The Kier molecular flexibility index (Phi) is 5.41. The molecule has 0 aromatic heterocycles. The van der Waals surface area contributed by atoms with Gasteiger partial charge in [-0.2, -0.15) is 0 Å². The minimum atomic E-state index is 0.309. The van der Waals surface area contributed by atoms with Crippen LogP contribution in [-0.2, 0) is 11.3 Å². The highest BCUT2D eigenvalue weighted by Crippen LogP contribution is 2.45. The van der Waals surface area contributed by atoms with E-state index in [9.17, 15) is 0 Å². The number of rotatable bonds is 9. The lowest BCUT2D eigenvalue weighted by Gasteiger charge is -2.30. The van der Waals surface area contributed by atoms with Crippen LogP contribution in [0.15, 0.2) is 30.3 Å². The van der Waals surface area contributed by atoms with E-state index in [1.165, 1.54) is 24.8 Å². The molecule has 1 atom stereocenters. The van der Waals surface area contributed by atoms with Gasteiger partial charge in [0.05, 0.1) is 13.2 Å². The lowest BCUT2D eigenvalue weighted by atomic mass is 9.85. The van der Waals surface area contributed by atoms with Crippen molar-refractivity contribution in [1.82, 2.24) is 5.32 Å². The van der Waals surface area contributed by atoms with Crippen LogP contribution in [0.5, 0.6) is 0 Å². The molecule has 1 N–H and O–H groups in total. The van der Waals surface area contributed by atoms with Crippen LogP contribution in [0, 0.1) is 11.3 Å². The Bertz CT molecular complexity index is 361. The topological polar surface area (TPSA) is 21.3 Å². The molecule has 1 saturated carbocycles. The van der Waals surface area contributed by atoms with E-state index in [2.05, 4.69) is 43.4 Å². The van der Waals surface area contributed by atoms with E-state index < -0.39 is 0 Å². The zero-order valence-electron chi connectivity index (χ0n) is 12.3. The van der Waals surface area contributed by atoms with Crippen molar-refractivity contribution in [2.75, 3.05) is 19.7 Å². The van der Waals surface area contributed by atoms with Gasteiger partial charge in [-0.15, -0.1) is 0 Å². The summed E-state index contributed by atoms with van der Waals surface area (Å²) < 4.78 is 5.98. The average molecular weight is 261 g/mol. The molecule has 1 fully saturated rings. The highest BCUT2D eigenvalue weighted by Gasteiger charge is 2.41. The van der Waals surface area contributed by atoms with Crippen molar-refractivity contribution in [3.05, 3.63) is 35.9 Å². The maximum atomic E-state index is 5.98. The molecular weight excluding hydrogens is 234 g/mol. The lowest BCUT2D eigenvalue weighted by molar-refractivity contribution is 0.0305. The van der Waals surface area contributed by atoms with E-state index in [0.29, 0.717) is 5.41 Å². The summed E-state index contributed by atoms with van der Waals surface area (Å²) >= 11 is 0.